The van der Waals surface area contributed by atoms with Gasteiger partial charge >= 0.3 is 19.8 Å². The molecule has 3 N–H and O–H groups in total. The normalized spacial score (nSPS) is 14.4. The van der Waals surface area contributed by atoms with Crippen LogP contribution in [0.5, 0.6) is 0 Å². The van der Waals surface area contributed by atoms with Crippen LogP contribution in [0, 0.1) is 0 Å². The number of nitrogens with two attached hydrogens (primary N) is 1. The predicted molar refractivity (Wildman–Crippen MR) is 219 cm³/mol. The summed E-state index contributed by atoms with van der Waals surface area (Å²) in [6.45, 7) is 3.37. The molecule has 0 saturated heterocycles. The van der Waals surface area contributed by atoms with Gasteiger partial charge in [-0.3, -0.25) is 18.6 Å². The molecular formula is C43H70NO8P. The van der Waals surface area contributed by atoms with Gasteiger partial charge < -0.3 is 20.1 Å². The highest BCUT2D eigenvalue weighted by Crippen LogP contribution is 2.43. The molecule has 10 heteroatoms. The quantitative estimate of drug-likeness (QED) is 0.0213. The summed E-state index contributed by atoms with van der Waals surface area (Å²) in [5, 5.41) is 0. The van der Waals surface area contributed by atoms with Crippen molar-refractivity contribution in [3.63, 3.8) is 0 Å². The van der Waals surface area contributed by atoms with Crippen molar-refractivity contribution >= 4 is 19.8 Å². The lowest BCUT2D eigenvalue weighted by molar-refractivity contribution is -0.161. The van der Waals surface area contributed by atoms with E-state index >= 15 is 0 Å². The molecule has 0 aromatic heterocycles. The van der Waals surface area contributed by atoms with Crippen molar-refractivity contribution in [2.24, 2.45) is 5.73 Å². The number of carbonyl (C=O) groups is 2. The van der Waals surface area contributed by atoms with E-state index in [1.807, 2.05) is 36.5 Å². The summed E-state index contributed by atoms with van der Waals surface area (Å²) in [5.74, 6) is -0.904. The summed E-state index contributed by atoms with van der Waals surface area (Å²) in [6, 6.07) is 0. The second-order valence-corrected chi connectivity index (χ2v) is 13.9. The van der Waals surface area contributed by atoms with Crippen LogP contribution >= 0.6 is 7.82 Å². The molecule has 300 valence electrons. The second kappa shape index (κ2) is 38.6. The van der Waals surface area contributed by atoms with Crippen molar-refractivity contribution < 1.29 is 37.6 Å². The summed E-state index contributed by atoms with van der Waals surface area (Å²) in [4.78, 5) is 34.8. The topological polar surface area (TPSA) is 134 Å². The third-order valence-electron chi connectivity index (χ3n) is 7.56. The van der Waals surface area contributed by atoms with Crippen molar-refractivity contribution in [1.29, 1.82) is 0 Å². The summed E-state index contributed by atoms with van der Waals surface area (Å²) in [6.07, 6.45) is 48.7. The first-order chi connectivity index (χ1) is 25.8. The van der Waals surface area contributed by atoms with Crippen LogP contribution in [0.15, 0.2) is 97.2 Å². The lowest BCUT2D eigenvalue weighted by atomic mass is 10.1. The molecule has 0 aliphatic rings. The maximum absolute atomic E-state index is 12.5. The molecule has 0 spiro atoms. The van der Waals surface area contributed by atoms with Gasteiger partial charge in [0.1, 0.15) is 6.61 Å². The Morgan fingerprint density at radius 2 is 1.08 bits per heavy atom. The number of phosphoric ester groups is 1. The number of unbranched alkanes of at least 4 members (excludes halogenated alkanes) is 9. The SMILES string of the molecule is CC/C=C/C=C/C=C/C=C/CCCCCC(=O)OC(COC(=O)CCCCCCCC/C=C/C/C=C/C/C=C/C/C=C/CC)COP(=O)(O)OCCN. The number of hydrogen-bond acceptors (Lipinski definition) is 8. The number of rotatable bonds is 35. The van der Waals surface area contributed by atoms with E-state index < -0.39 is 32.5 Å². The Labute approximate surface area is 321 Å². The third kappa shape index (κ3) is 38.5. The maximum atomic E-state index is 12.5. The molecule has 0 radical (unpaired) electrons. The van der Waals surface area contributed by atoms with Gasteiger partial charge in [0.25, 0.3) is 0 Å². The number of ether oxygens (including phenoxy) is 2. The van der Waals surface area contributed by atoms with E-state index in [1.54, 1.807) is 0 Å². The first kappa shape index (κ1) is 49.9. The fraction of sp³-hybridized carbons (Fsp3) is 0.581. The Hall–Kier alpha value is -3.07. The van der Waals surface area contributed by atoms with Gasteiger partial charge in [0, 0.05) is 19.4 Å². The van der Waals surface area contributed by atoms with E-state index in [4.69, 9.17) is 24.3 Å². The van der Waals surface area contributed by atoms with Gasteiger partial charge in [0.05, 0.1) is 13.2 Å². The minimum atomic E-state index is -4.39. The van der Waals surface area contributed by atoms with Crippen LogP contribution in [-0.2, 0) is 32.7 Å². The van der Waals surface area contributed by atoms with Crippen LogP contribution in [-0.4, -0.2) is 49.3 Å². The van der Waals surface area contributed by atoms with E-state index in [2.05, 4.69) is 74.6 Å². The minimum absolute atomic E-state index is 0.0384. The fourth-order valence-electron chi connectivity index (χ4n) is 4.69. The largest absolute Gasteiger partial charge is 0.472 e. The number of hydrogen-bond donors (Lipinski definition) is 2. The molecule has 0 bridgehead atoms. The second-order valence-electron chi connectivity index (χ2n) is 12.5. The van der Waals surface area contributed by atoms with Crippen LogP contribution in [0.2, 0.25) is 0 Å². The zero-order valence-corrected chi connectivity index (χ0v) is 33.6. The van der Waals surface area contributed by atoms with Crippen molar-refractivity contribution in [2.45, 2.75) is 136 Å². The fourth-order valence-corrected chi connectivity index (χ4v) is 5.46. The highest BCUT2D eigenvalue weighted by Gasteiger charge is 2.25. The van der Waals surface area contributed by atoms with Crippen LogP contribution in [0.3, 0.4) is 0 Å². The third-order valence-corrected chi connectivity index (χ3v) is 8.54. The highest BCUT2D eigenvalue weighted by molar-refractivity contribution is 7.47. The van der Waals surface area contributed by atoms with Gasteiger partial charge in [-0.25, -0.2) is 4.57 Å². The predicted octanol–water partition coefficient (Wildman–Crippen LogP) is 11.0. The molecule has 53 heavy (non-hydrogen) atoms. The monoisotopic (exact) mass is 759 g/mol. The Kier molecular flexibility index (Phi) is 36.4. The summed E-state index contributed by atoms with van der Waals surface area (Å²) < 4.78 is 32.6. The highest BCUT2D eigenvalue weighted by atomic mass is 31.2. The van der Waals surface area contributed by atoms with E-state index in [0.29, 0.717) is 12.8 Å². The van der Waals surface area contributed by atoms with Gasteiger partial charge in [-0.15, -0.1) is 0 Å². The van der Waals surface area contributed by atoms with E-state index in [-0.39, 0.29) is 32.6 Å². The molecule has 0 aliphatic heterocycles. The summed E-state index contributed by atoms with van der Waals surface area (Å²) in [5.41, 5.74) is 5.33. The Balaban J connectivity index is 4.28. The molecule has 0 aromatic carbocycles. The van der Waals surface area contributed by atoms with Gasteiger partial charge in [-0.1, -0.05) is 143 Å². The molecule has 0 aliphatic carbocycles. The molecule has 0 rings (SSSR count). The Bertz CT molecular complexity index is 1180. The first-order valence-electron chi connectivity index (χ1n) is 19.8. The van der Waals surface area contributed by atoms with Crippen molar-refractivity contribution in [3.8, 4) is 0 Å². The van der Waals surface area contributed by atoms with Gasteiger partial charge in [0.2, 0.25) is 0 Å². The smallest absolute Gasteiger partial charge is 0.462 e. The lowest BCUT2D eigenvalue weighted by Crippen LogP contribution is -2.29. The van der Waals surface area contributed by atoms with Crippen LogP contribution in [0.25, 0.3) is 0 Å². The van der Waals surface area contributed by atoms with Crippen LogP contribution in [0.4, 0.5) is 0 Å². The Morgan fingerprint density at radius 1 is 0.585 bits per heavy atom. The average molecular weight is 760 g/mol. The van der Waals surface area contributed by atoms with Gasteiger partial charge in [-0.2, -0.15) is 0 Å². The van der Waals surface area contributed by atoms with Crippen LogP contribution < -0.4 is 5.73 Å². The first-order valence-corrected chi connectivity index (χ1v) is 21.3. The molecule has 2 atom stereocenters. The summed E-state index contributed by atoms with van der Waals surface area (Å²) in [7, 11) is -4.39. The van der Waals surface area contributed by atoms with Crippen molar-refractivity contribution in [3.05, 3.63) is 97.2 Å². The van der Waals surface area contributed by atoms with E-state index in [0.717, 1.165) is 89.9 Å². The molecular weight excluding hydrogens is 689 g/mol. The molecule has 0 saturated carbocycles. The standard InChI is InChI=1S/C43H70NO8P/c1-3-5-7-9-11-13-15-17-18-19-20-21-22-24-25-27-29-31-33-35-42(45)49-39-41(40-51-53(47,48)50-38-37-44)52-43(46)36-34-32-30-28-26-23-16-14-12-10-8-6-4-2/h5-8,10-14,16-18,20-21,23,26,41H,3-4,9,15,19,22,24-25,27-40,44H2,1-2H3,(H,47,48)/b7-5+,8-6+,12-10+,13-11+,16-14+,18-17+,21-20+,26-23+. The molecule has 0 heterocycles. The number of phosphoric acid groups is 1. The number of carbonyl (C=O) groups excluding carboxylic acids is 2. The molecule has 0 aromatic rings. The van der Waals surface area contributed by atoms with Crippen molar-refractivity contribution in [2.75, 3.05) is 26.4 Å². The van der Waals surface area contributed by atoms with Crippen LogP contribution in [0.1, 0.15) is 129 Å². The zero-order chi connectivity index (χ0) is 38.9. The average Bonchev–Trinajstić information content (AvgIpc) is 3.14. The van der Waals surface area contributed by atoms with Gasteiger partial charge in [-0.05, 0) is 70.6 Å². The van der Waals surface area contributed by atoms with Crippen molar-refractivity contribution in [1.82, 2.24) is 0 Å². The molecule has 9 nitrogen and oxygen atoms in total. The van der Waals surface area contributed by atoms with E-state index in [1.165, 1.54) is 0 Å². The molecule has 0 fully saturated rings. The molecule has 0 amide bonds. The zero-order valence-electron chi connectivity index (χ0n) is 32.7. The summed E-state index contributed by atoms with van der Waals surface area (Å²) >= 11 is 0. The Morgan fingerprint density at radius 3 is 1.70 bits per heavy atom. The number of allylic oxidation sites excluding steroid dienone is 16. The van der Waals surface area contributed by atoms with Gasteiger partial charge in [0.15, 0.2) is 6.10 Å². The maximum Gasteiger partial charge on any atom is 0.472 e. The molecule has 2 unspecified atom stereocenters. The minimum Gasteiger partial charge on any atom is -0.462 e. The van der Waals surface area contributed by atoms with E-state index in [9.17, 15) is 19.0 Å². The lowest BCUT2D eigenvalue weighted by Gasteiger charge is -2.19. The number of esters is 2.